The van der Waals surface area contributed by atoms with Crippen LogP contribution in [-0.4, -0.2) is 34.5 Å². The van der Waals surface area contributed by atoms with Gasteiger partial charge in [0.25, 0.3) is 0 Å². The molecule has 1 atom stereocenters. The standard InChI is InChI=1S/C11H12N2O4/c12-10-8(4-3-7-2-1-5-17-7)13(11(10)16)6-9(14)15/h1-2,4-5,10H,3,6,12H2,(H,14,15)/b8-4+. The van der Waals surface area contributed by atoms with Crippen LogP contribution in [0.1, 0.15) is 5.76 Å². The van der Waals surface area contributed by atoms with Gasteiger partial charge in [-0.2, -0.15) is 0 Å². The van der Waals surface area contributed by atoms with Crippen molar-refractivity contribution in [1.29, 1.82) is 0 Å². The molecule has 0 radical (unpaired) electrons. The Morgan fingerprint density at radius 3 is 3.00 bits per heavy atom. The Morgan fingerprint density at radius 1 is 1.65 bits per heavy atom. The Morgan fingerprint density at radius 2 is 2.41 bits per heavy atom. The highest BCUT2D eigenvalue weighted by Gasteiger charge is 2.40. The van der Waals surface area contributed by atoms with Gasteiger partial charge in [-0.3, -0.25) is 9.59 Å². The summed E-state index contributed by atoms with van der Waals surface area (Å²) in [5, 5.41) is 8.64. The lowest BCUT2D eigenvalue weighted by Gasteiger charge is -2.38. The zero-order valence-electron chi connectivity index (χ0n) is 9.00. The number of carbonyl (C=O) groups is 2. The molecule has 1 aromatic rings. The second kappa shape index (κ2) is 4.42. The molecular formula is C11H12N2O4. The maximum Gasteiger partial charge on any atom is 0.323 e. The van der Waals surface area contributed by atoms with E-state index in [1.807, 2.05) is 0 Å². The number of carbonyl (C=O) groups excluding carboxylic acids is 1. The van der Waals surface area contributed by atoms with Gasteiger partial charge in [0.15, 0.2) is 0 Å². The summed E-state index contributed by atoms with van der Waals surface area (Å²) in [6.45, 7) is -0.351. The SMILES string of the molecule is NC1C(=O)N(CC(=O)O)/C1=C/Cc1ccco1. The van der Waals surface area contributed by atoms with Crippen molar-refractivity contribution in [2.24, 2.45) is 5.73 Å². The van der Waals surface area contributed by atoms with Crippen molar-refractivity contribution in [2.75, 3.05) is 6.54 Å². The lowest BCUT2D eigenvalue weighted by Crippen LogP contribution is -2.59. The third kappa shape index (κ3) is 2.21. The van der Waals surface area contributed by atoms with E-state index in [9.17, 15) is 9.59 Å². The van der Waals surface area contributed by atoms with Gasteiger partial charge >= 0.3 is 5.97 Å². The number of aliphatic carboxylic acids is 1. The van der Waals surface area contributed by atoms with E-state index in [-0.39, 0.29) is 12.5 Å². The van der Waals surface area contributed by atoms with Gasteiger partial charge in [0.2, 0.25) is 5.91 Å². The maximum absolute atomic E-state index is 11.3. The molecule has 1 saturated heterocycles. The number of carboxylic acid groups (broad SMARTS) is 1. The van der Waals surface area contributed by atoms with Gasteiger partial charge in [-0.1, -0.05) is 6.08 Å². The number of allylic oxidation sites excluding steroid dienone is 1. The van der Waals surface area contributed by atoms with Gasteiger partial charge in [0.05, 0.1) is 6.26 Å². The highest BCUT2D eigenvalue weighted by atomic mass is 16.4. The molecule has 17 heavy (non-hydrogen) atoms. The molecule has 0 aliphatic carbocycles. The van der Waals surface area contributed by atoms with Gasteiger partial charge in [-0.25, -0.2) is 0 Å². The fourth-order valence-electron chi connectivity index (χ4n) is 1.70. The van der Waals surface area contributed by atoms with E-state index in [1.54, 1.807) is 24.5 Å². The van der Waals surface area contributed by atoms with Gasteiger partial charge in [0.1, 0.15) is 18.3 Å². The number of hydrogen-bond acceptors (Lipinski definition) is 4. The Hall–Kier alpha value is -2.08. The molecule has 0 saturated carbocycles. The van der Waals surface area contributed by atoms with Gasteiger partial charge in [-0.05, 0) is 12.1 Å². The van der Waals surface area contributed by atoms with E-state index in [1.165, 1.54) is 0 Å². The number of carboxylic acids is 1. The van der Waals surface area contributed by atoms with Crippen molar-refractivity contribution < 1.29 is 19.1 Å². The van der Waals surface area contributed by atoms with Crippen molar-refractivity contribution in [3.05, 3.63) is 35.9 Å². The van der Waals surface area contributed by atoms with Crippen LogP contribution in [0.15, 0.2) is 34.6 Å². The highest BCUT2D eigenvalue weighted by Crippen LogP contribution is 2.22. The van der Waals surface area contributed by atoms with E-state index < -0.39 is 12.0 Å². The summed E-state index contributed by atoms with van der Waals surface area (Å²) in [6, 6.07) is 2.84. The number of nitrogens with zero attached hydrogens (tertiary/aromatic N) is 1. The molecule has 2 heterocycles. The van der Waals surface area contributed by atoms with Gasteiger partial charge < -0.3 is 20.2 Å². The first-order valence-electron chi connectivity index (χ1n) is 5.11. The van der Waals surface area contributed by atoms with Gasteiger partial charge in [-0.15, -0.1) is 0 Å². The number of hydrogen-bond donors (Lipinski definition) is 2. The number of amides is 1. The zero-order chi connectivity index (χ0) is 12.4. The Balaban J connectivity index is 2.05. The smallest absolute Gasteiger partial charge is 0.323 e. The summed E-state index contributed by atoms with van der Waals surface area (Å²) in [7, 11) is 0. The van der Waals surface area contributed by atoms with Crippen LogP contribution in [0.25, 0.3) is 0 Å². The third-order valence-corrected chi connectivity index (χ3v) is 2.55. The Bertz CT molecular complexity index is 464. The summed E-state index contributed by atoms with van der Waals surface area (Å²) < 4.78 is 5.13. The molecule has 3 N–H and O–H groups in total. The zero-order valence-corrected chi connectivity index (χ0v) is 9.00. The fourth-order valence-corrected chi connectivity index (χ4v) is 1.70. The van der Waals surface area contributed by atoms with Crippen LogP contribution < -0.4 is 5.73 Å². The van der Waals surface area contributed by atoms with Crippen molar-refractivity contribution in [3.63, 3.8) is 0 Å². The van der Waals surface area contributed by atoms with Crippen LogP contribution in [0, 0.1) is 0 Å². The minimum absolute atomic E-state index is 0.351. The molecule has 1 aliphatic heterocycles. The second-order valence-electron chi connectivity index (χ2n) is 3.71. The number of likely N-dealkylation sites (tertiary alicyclic amines) is 1. The molecular weight excluding hydrogens is 224 g/mol. The van der Waals surface area contributed by atoms with Crippen LogP contribution >= 0.6 is 0 Å². The van der Waals surface area contributed by atoms with Gasteiger partial charge in [0, 0.05) is 12.1 Å². The van der Waals surface area contributed by atoms with E-state index in [0.717, 1.165) is 10.7 Å². The molecule has 2 rings (SSSR count). The molecule has 6 heteroatoms. The molecule has 90 valence electrons. The maximum atomic E-state index is 11.3. The predicted molar refractivity (Wildman–Crippen MR) is 57.8 cm³/mol. The second-order valence-corrected chi connectivity index (χ2v) is 3.71. The monoisotopic (exact) mass is 236 g/mol. The van der Waals surface area contributed by atoms with Crippen LogP contribution in [0.5, 0.6) is 0 Å². The van der Waals surface area contributed by atoms with Crippen LogP contribution in [0.2, 0.25) is 0 Å². The Kier molecular flexibility index (Phi) is 2.97. The van der Waals surface area contributed by atoms with Crippen molar-refractivity contribution in [2.45, 2.75) is 12.5 Å². The first kappa shape index (κ1) is 11.4. The molecule has 6 nitrogen and oxygen atoms in total. The predicted octanol–water partition coefficient (Wildman–Crippen LogP) is -0.0399. The molecule has 0 spiro atoms. The highest BCUT2D eigenvalue weighted by molar-refractivity contribution is 5.96. The molecule has 1 fully saturated rings. The van der Waals surface area contributed by atoms with Crippen molar-refractivity contribution >= 4 is 11.9 Å². The molecule has 0 aromatic carbocycles. The molecule has 1 unspecified atom stereocenters. The Labute approximate surface area is 97.3 Å². The number of β-lactam (4-membered cyclic amide) rings is 1. The minimum atomic E-state index is -1.06. The van der Waals surface area contributed by atoms with Crippen LogP contribution in [0.3, 0.4) is 0 Å². The average molecular weight is 236 g/mol. The quantitative estimate of drug-likeness (QED) is 0.715. The van der Waals surface area contributed by atoms with E-state index in [2.05, 4.69) is 0 Å². The molecule has 1 aromatic heterocycles. The normalized spacial score (nSPS) is 21.7. The lowest BCUT2D eigenvalue weighted by molar-refractivity contribution is -0.147. The van der Waals surface area contributed by atoms with Crippen LogP contribution in [-0.2, 0) is 16.0 Å². The first-order chi connectivity index (χ1) is 8.09. The summed E-state index contributed by atoms with van der Waals surface area (Å²) >= 11 is 0. The summed E-state index contributed by atoms with van der Waals surface area (Å²) in [5.41, 5.74) is 6.12. The topological polar surface area (TPSA) is 96.8 Å². The molecule has 1 aliphatic rings. The molecule has 0 bridgehead atoms. The lowest BCUT2D eigenvalue weighted by atomic mass is 10.0. The van der Waals surface area contributed by atoms with Crippen molar-refractivity contribution in [3.8, 4) is 0 Å². The third-order valence-electron chi connectivity index (χ3n) is 2.55. The number of rotatable bonds is 4. The summed E-state index contributed by atoms with van der Waals surface area (Å²) in [4.78, 5) is 23.1. The average Bonchev–Trinajstić information content (AvgIpc) is 2.80. The van der Waals surface area contributed by atoms with E-state index >= 15 is 0 Å². The largest absolute Gasteiger partial charge is 0.480 e. The first-order valence-corrected chi connectivity index (χ1v) is 5.11. The number of nitrogens with two attached hydrogens (primary N) is 1. The summed E-state index contributed by atoms with van der Waals surface area (Å²) in [6.07, 6.45) is 3.75. The van der Waals surface area contributed by atoms with Crippen LogP contribution in [0.4, 0.5) is 0 Å². The molecule has 1 amide bonds. The fraction of sp³-hybridized carbons (Fsp3) is 0.273. The minimum Gasteiger partial charge on any atom is -0.480 e. The number of furan rings is 1. The van der Waals surface area contributed by atoms with E-state index in [4.69, 9.17) is 15.3 Å². The van der Waals surface area contributed by atoms with E-state index in [0.29, 0.717) is 12.1 Å². The summed E-state index contributed by atoms with van der Waals surface area (Å²) in [5.74, 6) is -0.688. The van der Waals surface area contributed by atoms with Crippen molar-refractivity contribution in [1.82, 2.24) is 4.90 Å².